The first kappa shape index (κ1) is 14.1. The molecule has 0 bridgehead atoms. The summed E-state index contributed by atoms with van der Waals surface area (Å²) in [6.45, 7) is 4.72. The summed E-state index contributed by atoms with van der Waals surface area (Å²) in [6, 6.07) is 5.28. The number of pyridine rings is 1. The highest BCUT2D eigenvalue weighted by molar-refractivity contribution is 9.10. The van der Waals surface area contributed by atoms with Gasteiger partial charge in [0.25, 0.3) is 5.91 Å². The predicted octanol–water partition coefficient (Wildman–Crippen LogP) is 1.91. The first-order chi connectivity index (χ1) is 7.83. The van der Waals surface area contributed by atoms with Crippen LogP contribution in [0.5, 0.6) is 0 Å². The van der Waals surface area contributed by atoms with Gasteiger partial charge in [0.05, 0.1) is 0 Å². The molecule has 0 aliphatic carbocycles. The molecule has 1 rings (SSSR count). The molecule has 4 nitrogen and oxygen atoms in total. The van der Waals surface area contributed by atoms with Crippen LogP contribution in [0.2, 0.25) is 0 Å². The Kier molecular flexibility index (Phi) is 4.65. The molecule has 1 N–H and O–H groups in total. The Labute approximate surface area is 111 Å². The van der Waals surface area contributed by atoms with E-state index < -0.39 is 0 Å². The van der Waals surface area contributed by atoms with Gasteiger partial charge < -0.3 is 10.2 Å². The smallest absolute Gasteiger partial charge is 0.269 e. The number of carbonyl (C=O) groups excluding carboxylic acids is 1. The second-order valence-corrected chi connectivity index (χ2v) is 5.55. The monoisotopic (exact) mass is 299 g/mol. The second kappa shape index (κ2) is 5.60. The van der Waals surface area contributed by atoms with E-state index in [9.17, 15) is 4.79 Å². The largest absolute Gasteiger partial charge is 0.349 e. The molecule has 0 spiro atoms. The number of nitrogens with zero attached hydrogens (tertiary/aromatic N) is 2. The third-order valence-corrected chi connectivity index (χ3v) is 3.28. The lowest BCUT2D eigenvalue weighted by Gasteiger charge is -2.32. The molecule has 94 valence electrons. The van der Waals surface area contributed by atoms with Crippen molar-refractivity contribution in [2.75, 3.05) is 20.6 Å². The van der Waals surface area contributed by atoms with Crippen LogP contribution in [-0.4, -0.2) is 42.0 Å². The normalized spacial score (nSPS) is 11.6. The lowest BCUT2D eigenvalue weighted by atomic mass is 10.0. The molecule has 5 heteroatoms. The molecule has 1 aromatic heterocycles. The number of carbonyl (C=O) groups is 1. The predicted molar refractivity (Wildman–Crippen MR) is 72.0 cm³/mol. The molecule has 0 aromatic carbocycles. The number of rotatable bonds is 4. The van der Waals surface area contributed by atoms with Crippen molar-refractivity contribution in [3.63, 3.8) is 0 Å². The minimum atomic E-state index is -0.152. The zero-order valence-electron chi connectivity index (χ0n) is 10.6. The van der Waals surface area contributed by atoms with E-state index in [4.69, 9.17) is 0 Å². The van der Waals surface area contributed by atoms with Gasteiger partial charge in [-0.25, -0.2) is 4.98 Å². The van der Waals surface area contributed by atoms with Crippen LogP contribution >= 0.6 is 15.9 Å². The van der Waals surface area contributed by atoms with Crippen molar-refractivity contribution >= 4 is 21.8 Å². The SMILES string of the molecule is CN(C)C(C)(C)CNC(=O)c1cccc(Br)n1. The Morgan fingerprint density at radius 2 is 2.12 bits per heavy atom. The summed E-state index contributed by atoms with van der Waals surface area (Å²) >= 11 is 3.24. The summed E-state index contributed by atoms with van der Waals surface area (Å²) in [5.41, 5.74) is 0.343. The van der Waals surface area contributed by atoms with Crippen molar-refractivity contribution in [1.29, 1.82) is 0 Å². The highest BCUT2D eigenvalue weighted by Gasteiger charge is 2.21. The third kappa shape index (κ3) is 4.09. The van der Waals surface area contributed by atoms with Crippen LogP contribution in [0, 0.1) is 0 Å². The van der Waals surface area contributed by atoms with Crippen molar-refractivity contribution in [2.45, 2.75) is 19.4 Å². The average Bonchev–Trinajstić information content (AvgIpc) is 2.25. The summed E-state index contributed by atoms with van der Waals surface area (Å²) in [6.07, 6.45) is 0. The van der Waals surface area contributed by atoms with Gasteiger partial charge in [-0.1, -0.05) is 6.07 Å². The van der Waals surface area contributed by atoms with Crippen LogP contribution in [0.15, 0.2) is 22.8 Å². The molecule has 0 aliphatic rings. The van der Waals surface area contributed by atoms with E-state index in [1.165, 1.54) is 0 Å². The average molecular weight is 300 g/mol. The van der Waals surface area contributed by atoms with Gasteiger partial charge in [-0.15, -0.1) is 0 Å². The van der Waals surface area contributed by atoms with Crippen molar-refractivity contribution in [2.24, 2.45) is 0 Å². The fourth-order valence-electron chi connectivity index (χ4n) is 1.08. The summed E-state index contributed by atoms with van der Waals surface area (Å²) in [5, 5.41) is 2.88. The fourth-order valence-corrected chi connectivity index (χ4v) is 1.42. The van der Waals surface area contributed by atoms with E-state index in [1.807, 2.05) is 14.1 Å². The van der Waals surface area contributed by atoms with Crippen molar-refractivity contribution in [3.05, 3.63) is 28.5 Å². The maximum Gasteiger partial charge on any atom is 0.269 e. The highest BCUT2D eigenvalue weighted by Crippen LogP contribution is 2.09. The summed E-state index contributed by atoms with van der Waals surface area (Å²) in [7, 11) is 3.98. The van der Waals surface area contributed by atoms with Crippen LogP contribution < -0.4 is 5.32 Å². The molecule has 1 amide bonds. The van der Waals surface area contributed by atoms with Gasteiger partial charge in [-0.05, 0) is 56.0 Å². The van der Waals surface area contributed by atoms with Crippen molar-refractivity contribution in [3.8, 4) is 0 Å². The lowest BCUT2D eigenvalue weighted by molar-refractivity contribution is 0.0914. The molecular formula is C12H18BrN3O. The van der Waals surface area contributed by atoms with Crippen molar-refractivity contribution < 1.29 is 4.79 Å². The van der Waals surface area contributed by atoms with Gasteiger partial charge in [0, 0.05) is 12.1 Å². The Bertz CT molecular complexity index is 404. The van der Waals surface area contributed by atoms with Crippen LogP contribution in [-0.2, 0) is 0 Å². The molecule has 0 radical (unpaired) electrons. The maximum absolute atomic E-state index is 11.9. The van der Waals surface area contributed by atoms with Crippen LogP contribution in [0.1, 0.15) is 24.3 Å². The van der Waals surface area contributed by atoms with E-state index in [0.29, 0.717) is 16.8 Å². The molecule has 0 aliphatic heterocycles. The first-order valence-electron chi connectivity index (χ1n) is 5.41. The summed E-state index contributed by atoms with van der Waals surface area (Å²) in [4.78, 5) is 18.0. The van der Waals surface area contributed by atoms with Crippen LogP contribution in [0.4, 0.5) is 0 Å². The quantitative estimate of drug-likeness (QED) is 0.864. The molecule has 17 heavy (non-hydrogen) atoms. The standard InChI is InChI=1S/C12H18BrN3O/c1-12(2,16(3)4)8-14-11(17)9-6-5-7-10(13)15-9/h5-7H,8H2,1-4H3,(H,14,17). The molecule has 0 saturated carbocycles. The van der Waals surface area contributed by atoms with E-state index in [2.05, 4.69) is 45.0 Å². The number of nitrogens with one attached hydrogen (secondary N) is 1. The van der Waals surface area contributed by atoms with Crippen molar-refractivity contribution in [1.82, 2.24) is 15.2 Å². The topological polar surface area (TPSA) is 45.2 Å². The number of halogens is 1. The minimum absolute atomic E-state index is 0.0817. The van der Waals surface area contributed by atoms with Crippen LogP contribution in [0.3, 0.4) is 0 Å². The van der Waals surface area contributed by atoms with E-state index in [1.54, 1.807) is 18.2 Å². The summed E-state index contributed by atoms with van der Waals surface area (Å²) < 4.78 is 0.664. The van der Waals surface area contributed by atoms with E-state index in [-0.39, 0.29) is 11.4 Å². The van der Waals surface area contributed by atoms with Gasteiger partial charge in [0.15, 0.2) is 0 Å². The third-order valence-electron chi connectivity index (χ3n) is 2.84. The molecule has 0 atom stereocenters. The zero-order valence-corrected chi connectivity index (χ0v) is 12.2. The molecular weight excluding hydrogens is 282 g/mol. The Hall–Kier alpha value is -0.940. The molecule has 0 fully saturated rings. The maximum atomic E-state index is 11.9. The van der Waals surface area contributed by atoms with Gasteiger partial charge in [0.2, 0.25) is 0 Å². The van der Waals surface area contributed by atoms with E-state index in [0.717, 1.165) is 0 Å². The van der Waals surface area contributed by atoms with Crippen LogP contribution in [0.25, 0.3) is 0 Å². The van der Waals surface area contributed by atoms with Gasteiger partial charge >= 0.3 is 0 Å². The fraction of sp³-hybridized carbons (Fsp3) is 0.500. The number of likely N-dealkylation sites (N-methyl/N-ethyl adjacent to an activating group) is 1. The Morgan fingerprint density at radius 1 is 1.47 bits per heavy atom. The zero-order chi connectivity index (χ0) is 13.1. The molecule has 0 unspecified atom stereocenters. The Balaban J connectivity index is 2.62. The number of hydrogen-bond donors (Lipinski definition) is 1. The number of amides is 1. The Morgan fingerprint density at radius 3 is 2.65 bits per heavy atom. The lowest BCUT2D eigenvalue weighted by Crippen LogP contribution is -2.48. The molecule has 1 aromatic rings. The molecule has 0 saturated heterocycles. The minimum Gasteiger partial charge on any atom is -0.349 e. The van der Waals surface area contributed by atoms with Gasteiger partial charge in [-0.3, -0.25) is 4.79 Å². The van der Waals surface area contributed by atoms with Gasteiger partial charge in [-0.2, -0.15) is 0 Å². The van der Waals surface area contributed by atoms with Gasteiger partial charge in [0.1, 0.15) is 10.3 Å². The summed E-state index contributed by atoms with van der Waals surface area (Å²) in [5.74, 6) is -0.152. The second-order valence-electron chi connectivity index (χ2n) is 4.74. The van der Waals surface area contributed by atoms with E-state index >= 15 is 0 Å². The highest BCUT2D eigenvalue weighted by atomic mass is 79.9. The number of hydrogen-bond acceptors (Lipinski definition) is 3. The first-order valence-corrected chi connectivity index (χ1v) is 6.20. The molecule has 1 heterocycles. The number of aromatic nitrogens is 1.